The average Bonchev–Trinajstić information content (AvgIpc) is 3.29. The normalized spacial score (nSPS) is 18.9. The number of hydrogen-bond donors (Lipinski definition) is 0. The third-order valence-electron chi connectivity index (χ3n) is 6.28. The minimum Gasteiger partial charge on any atom is -0.368 e. The van der Waals surface area contributed by atoms with Gasteiger partial charge in [-0.15, -0.1) is 0 Å². The lowest BCUT2D eigenvalue weighted by atomic mass is 9.98. The number of halogens is 6. The van der Waals surface area contributed by atoms with E-state index in [1.54, 1.807) is 49.3 Å². The SMILES string of the molecule is CN(C)C(=O)N1CCN(c2cccc(C3CC(C(F)(F)C(F)(F)F)=NN3c3ccccc3Cl)c2)CC1. The Kier molecular flexibility index (Phi) is 7.05. The molecule has 0 radical (unpaired) electrons. The molecule has 2 aliphatic rings. The Hall–Kier alpha value is -3.08. The number of carbonyl (C=O) groups is 1. The Balaban J connectivity index is 1.63. The molecule has 1 atom stereocenters. The molecule has 2 aliphatic heterocycles. The van der Waals surface area contributed by atoms with Gasteiger partial charge in [-0.25, -0.2) is 4.79 Å². The van der Waals surface area contributed by atoms with Gasteiger partial charge in [-0.2, -0.15) is 27.1 Å². The maximum Gasteiger partial charge on any atom is 0.459 e. The number of amides is 2. The molecule has 0 aromatic heterocycles. The molecule has 1 fully saturated rings. The fourth-order valence-corrected chi connectivity index (χ4v) is 4.57. The molecule has 2 aromatic rings. The summed E-state index contributed by atoms with van der Waals surface area (Å²) in [6, 6.07) is 12.3. The molecule has 4 rings (SSSR count). The van der Waals surface area contributed by atoms with E-state index in [1.807, 2.05) is 11.0 Å². The Morgan fingerprint density at radius 1 is 1.00 bits per heavy atom. The van der Waals surface area contributed by atoms with Crippen molar-refractivity contribution in [1.82, 2.24) is 9.80 Å². The third-order valence-corrected chi connectivity index (χ3v) is 6.60. The number of carbonyl (C=O) groups excluding carboxylic acids is 1. The van der Waals surface area contributed by atoms with Crippen LogP contribution in [-0.4, -0.2) is 73.9 Å². The second kappa shape index (κ2) is 9.76. The van der Waals surface area contributed by atoms with E-state index < -0.39 is 30.3 Å². The smallest absolute Gasteiger partial charge is 0.368 e. The van der Waals surface area contributed by atoms with Gasteiger partial charge in [0.2, 0.25) is 0 Å². The van der Waals surface area contributed by atoms with Gasteiger partial charge in [-0.3, -0.25) is 5.01 Å². The standard InChI is InChI=1S/C24H25ClF5N5O/c1-32(2)22(36)34-12-10-33(11-13-34)17-7-5-6-16(14-17)20-15-21(23(26,27)24(28,29)30)31-35(20)19-9-4-3-8-18(19)25/h3-9,14,20H,10-13,15H2,1-2H3. The molecule has 0 bridgehead atoms. The van der Waals surface area contributed by atoms with E-state index in [1.165, 1.54) is 17.0 Å². The van der Waals surface area contributed by atoms with Gasteiger partial charge in [0.15, 0.2) is 0 Å². The first-order chi connectivity index (χ1) is 16.9. The van der Waals surface area contributed by atoms with Crippen molar-refractivity contribution in [2.75, 3.05) is 50.2 Å². The van der Waals surface area contributed by atoms with Crippen molar-refractivity contribution in [2.45, 2.75) is 24.6 Å². The zero-order valence-corrected chi connectivity index (χ0v) is 20.4. The van der Waals surface area contributed by atoms with Gasteiger partial charge in [0.1, 0.15) is 5.71 Å². The fourth-order valence-electron chi connectivity index (χ4n) is 4.35. The Labute approximate surface area is 210 Å². The van der Waals surface area contributed by atoms with Crippen LogP contribution in [0.5, 0.6) is 0 Å². The third kappa shape index (κ3) is 4.93. The first-order valence-corrected chi connectivity index (χ1v) is 11.7. The molecule has 1 saturated heterocycles. The Morgan fingerprint density at radius 3 is 2.28 bits per heavy atom. The summed E-state index contributed by atoms with van der Waals surface area (Å²) in [6.07, 6.45) is -6.38. The van der Waals surface area contributed by atoms with E-state index in [9.17, 15) is 26.7 Å². The topological polar surface area (TPSA) is 42.4 Å². The lowest BCUT2D eigenvalue weighted by molar-refractivity contribution is -0.249. The number of piperazine rings is 1. The van der Waals surface area contributed by atoms with Crippen molar-refractivity contribution < 1.29 is 26.7 Å². The largest absolute Gasteiger partial charge is 0.459 e. The molecule has 0 spiro atoms. The van der Waals surface area contributed by atoms with Crippen molar-refractivity contribution >= 4 is 34.7 Å². The molecule has 12 heteroatoms. The zero-order chi connectivity index (χ0) is 26.3. The van der Waals surface area contributed by atoms with Crippen LogP contribution < -0.4 is 9.91 Å². The van der Waals surface area contributed by atoms with Gasteiger partial charge in [0, 0.05) is 52.4 Å². The van der Waals surface area contributed by atoms with E-state index in [2.05, 4.69) is 5.10 Å². The molecular weight excluding hydrogens is 505 g/mol. The Bertz CT molecular complexity index is 1150. The summed E-state index contributed by atoms with van der Waals surface area (Å²) in [6.45, 7) is 2.11. The second-order valence-corrected chi connectivity index (χ2v) is 9.29. The maximum atomic E-state index is 14.3. The number of para-hydroxylation sites is 1. The fraction of sp³-hybridized carbons (Fsp3) is 0.417. The zero-order valence-electron chi connectivity index (χ0n) is 19.6. The molecule has 2 heterocycles. The lowest BCUT2D eigenvalue weighted by Gasteiger charge is -2.37. The van der Waals surface area contributed by atoms with E-state index in [4.69, 9.17) is 11.6 Å². The van der Waals surface area contributed by atoms with Crippen LogP contribution in [0.15, 0.2) is 53.6 Å². The maximum absolute atomic E-state index is 14.3. The number of nitrogens with zero attached hydrogens (tertiary/aromatic N) is 5. The summed E-state index contributed by atoms with van der Waals surface area (Å²) in [5, 5.41) is 5.06. The summed E-state index contributed by atoms with van der Waals surface area (Å²) in [7, 11) is 3.37. The van der Waals surface area contributed by atoms with Crippen molar-refractivity contribution in [3.63, 3.8) is 0 Å². The highest BCUT2D eigenvalue weighted by atomic mass is 35.5. The predicted molar refractivity (Wildman–Crippen MR) is 129 cm³/mol. The van der Waals surface area contributed by atoms with E-state index in [0.29, 0.717) is 31.7 Å². The number of hydrogen-bond acceptors (Lipinski definition) is 4. The molecule has 0 saturated carbocycles. The molecule has 2 amide bonds. The molecule has 2 aromatic carbocycles. The number of rotatable bonds is 4. The van der Waals surface area contributed by atoms with E-state index >= 15 is 0 Å². The summed E-state index contributed by atoms with van der Waals surface area (Å²) in [5.74, 6) is -5.08. The van der Waals surface area contributed by atoms with Crippen LogP contribution in [0.2, 0.25) is 5.02 Å². The van der Waals surface area contributed by atoms with Gasteiger partial charge >= 0.3 is 18.1 Å². The minimum atomic E-state index is -5.77. The van der Waals surface area contributed by atoms with Crippen LogP contribution in [-0.2, 0) is 0 Å². The number of urea groups is 1. The summed E-state index contributed by atoms with van der Waals surface area (Å²) in [5.41, 5.74) is 0.273. The van der Waals surface area contributed by atoms with E-state index in [0.717, 1.165) is 10.7 Å². The van der Waals surface area contributed by atoms with Gasteiger partial charge in [-0.05, 0) is 29.8 Å². The van der Waals surface area contributed by atoms with Crippen LogP contribution in [0.1, 0.15) is 18.0 Å². The van der Waals surface area contributed by atoms with Gasteiger partial charge in [0.25, 0.3) is 0 Å². The number of alkyl halides is 5. The molecule has 0 aliphatic carbocycles. The molecule has 36 heavy (non-hydrogen) atoms. The number of benzene rings is 2. The molecule has 194 valence electrons. The van der Waals surface area contributed by atoms with Crippen molar-refractivity contribution in [1.29, 1.82) is 0 Å². The summed E-state index contributed by atoms with van der Waals surface area (Å²) in [4.78, 5) is 17.5. The van der Waals surface area contributed by atoms with Crippen molar-refractivity contribution in [2.24, 2.45) is 5.10 Å². The molecule has 6 nitrogen and oxygen atoms in total. The van der Waals surface area contributed by atoms with Gasteiger partial charge < -0.3 is 14.7 Å². The predicted octanol–water partition coefficient (Wildman–Crippen LogP) is 5.65. The average molecular weight is 530 g/mol. The highest BCUT2D eigenvalue weighted by Crippen LogP contribution is 2.46. The Morgan fingerprint density at radius 2 is 1.67 bits per heavy atom. The van der Waals surface area contributed by atoms with Gasteiger partial charge in [-0.1, -0.05) is 35.9 Å². The number of anilines is 2. The highest BCUT2D eigenvalue weighted by Gasteiger charge is 2.62. The monoisotopic (exact) mass is 529 g/mol. The first kappa shape index (κ1) is 26.0. The van der Waals surface area contributed by atoms with Crippen LogP contribution in [0.3, 0.4) is 0 Å². The summed E-state index contributed by atoms with van der Waals surface area (Å²) >= 11 is 6.26. The van der Waals surface area contributed by atoms with Crippen LogP contribution in [0, 0.1) is 0 Å². The lowest BCUT2D eigenvalue weighted by Crippen LogP contribution is -2.51. The molecule has 0 N–H and O–H groups in total. The van der Waals surface area contributed by atoms with Gasteiger partial charge in [0.05, 0.1) is 16.8 Å². The van der Waals surface area contributed by atoms with E-state index in [-0.39, 0.29) is 16.7 Å². The molecule has 1 unspecified atom stereocenters. The van der Waals surface area contributed by atoms with Crippen LogP contribution >= 0.6 is 11.6 Å². The van der Waals surface area contributed by atoms with Crippen LogP contribution in [0.25, 0.3) is 0 Å². The number of hydrazone groups is 1. The highest BCUT2D eigenvalue weighted by molar-refractivity contribution is 6.33. The van der Waals surface area contributed by atoms with Crippen LogP contribution in [0.4, 0.5) is 38.1 Å². The quantitative estimate of drug-likeness (QED) is 0.481. The molecular formula is C24H25ClF5N5O. The summed E-state index contributed by atoms with van der Waals surface area (Å²) < 4.78 is 68.0. The first-order valence-electron chi connectivity index (χ1n) is 11.3. The minimum absolute atomic E-state index is 0.0833. The van der Waals surface area contributed by atoms with Crippen molar-refractivity contribution in [3.8, 4) is 0 Å². The van der Waals surface area contributed by atoms with Crippen molar-refractivity contribution in [3.05, 3.63) is 59.1 Å². The second-order valence-electron chi connectivity index (χ2n) is 8.88.